The number of amides is 4. The standard InChI is InChI=1S/C38H42N6O4/c1-5-21-42(38(47)39-23-28-15-19-32(48-4)20-16-28)43-26-36(45)44-34(22-27-13-17-31(18-14-27)40(2)3)37(46)41(25-35(43)44)24-30-11-8-10-29-9-6-7-12-33(29)30/h5-20,34-35H,1,21-26H2,2-4H3,(H,39,47)/t34-,35+/m0/s1. The second kappa shape index (κ2) is 14.2. The Morgan fingerprint density at radius 1 is 0.958 bits per heavy atom. The number of benzene rings is 4. The van der Waals surface area contributed by atoms with Gasteiger partial charge < -0.3 is 24.8 Å². The molecule has 0 radical (unpaired) electrons. The summed E-state index contributed by atoms with van der Waals surface area (Å²) in [7, 11) is 5.57. The minimum atomic E-state index is -0.727. The average molecular weight is 647 g/mol. The van der Waals surface area contributed by atoms with Gasteiger partial charge in [0.25, 0.3) is 0 Å². The number of hydrogen-bond donors (Lipinski definition) is 1. The number of hydrogen-bond acceptors (Lipinski definition) is 6. The van der Waals surface area contributed by atoms with E-state index in [1.54, 1.807) is 23.1 Å². The molecule has 2 atom stereocenters. The third-order valence-electron chi connectivity index (χ3n) is 9.14. The molecule has 0 saturated carbocycles. The molecule has 2 saturated heterocycles. The van der Waals surface area contributed by atoms with Gasteiger partial charge in [0.2, 0.25) is 11.8 Å². The molecule has 0 bridgehead atoms. The van der Waals surface area contributed by atoms with Gasteiger partial charge in [-0.1, -0.05) is 72.8 Å². The van der Waals surface area contributed by atoms with Gasteiger partial charge in [-0.15, -0.1) is 6.58 Å². The zero-order valence-electron chi connectivity index (χ0n) is 27.7. The Morgan fingerprint density at radius 2 is 1.67 bits per heavy atom. The second-order valence-electron chi connectivity index (χ2n) is 12.4. The maximum absolute atomic E-state index is 14.4. The number of fused-ring (bicyclic) bond motifs is 2. The van der Waals surface area contributed by atoms with Gasteiger partial charge in [-0.3, -0.25) is 14.6 Å². The van der Waals surface area contributed by atoms with Crippen molar-refractivity contribution >= 4 is 34.3 Å². The molecule has 10 heteroatoms. The van der Waals surface area contributed by atoms with E-state index in [1.165, 1.54) is 5.01 Å². The number of hydrazine groups is 1. The number of nitrogens with one attached hydrogen (secondary N) is 1. The third kappa shape index (κ3) is 6.70. The molecule has 1 N–H and O–H groups in total. The van der Waals surface area contributed by atoms with Crippen molar-refractivity contribution in [3.8, 4) is 5.75 Å². The fourth-order valence-electron chi connectivity index (χ4n) is 6.62. The van der Waals surface area contributed by atoms with E-state index >= 15 is 0 Å². The molecule has 4 amide bonds. The number of methoxy groups -OCH3 is 1. The van der Waals surface area contributed by atoms with E-state index in [9.17, 15) is 14.4 Å². The van der Waals surface area contributed by atoms with Crippen molar-refractivity contribution in [2.24, 2.45) is 0 Å². The Kier molecular flexibility index (Phi) is 9.63. The van der Waals surface area contributed by atoms with Crippen LogP contribution in [0.1, 0.15) is 16.7 Å². The number of urea groups is 1. The molecule has 2 aliphatic rings. The van der Waals surface area contributed by atoms with Crippen LogP contribution in [-0.2, 0) is 29.1 Å². The van der Waals surface area contributed by atoms with Crippen molar-refractivity contribution in [2.75, 3.05) is 45.7 Å². The van der Waals surface area contributed by atoms with E-state index in [2.05, 4.69) is 30.1 Å². The quantitative estimate of drug-likeness (QED) is 0.239. The van der Waals surface area contributed by atoms with Crippen LogP contribution < -0.4 is 15.0 Å². The topological polar surface area (TPSA) is 88.7 Å². The molecule has 0 aliphatic carbocycles. The predicted molar refractivity (Wildman–Crippen MR) is 187 cm³/mol. The molecule has 10 nitrogen and oxygen atoms in total. The molecule has 0 spiro atoms. The lowest BCUT2D eigenvalue weighted by atomic mass is 9.98. The van der Waals surface area contributed by atoms with Crippen LogP contribution in [0, 0.1) is 0 Å². The molecule has 2 heterocycles. The third-order valence-corrected chi connectivity index (χ3v) is 9.14. The lowest BCUT2D eigenvalue weighted by Crippen LogP contribution is -2.66. The van der Waals surface area contributed by atoms with Gasteiger partial charge in [0.05, 0.1) is 26.7 Å². The Morgan fingerprint density at radius 3 is 2.38 bits per heavy atom. The number of rotatable bonds is 11. The molecule has 6 rings (SSSR count). The summed E-state index contributed by atoms with van der Waals surface area (Å²) in [6.45, 7) is 4.99. The summed E-state index contributed by atoms with van der Waals surface area (Å²) in [6.07, 6.45) is 1.47. The van der Waals surface area contributed by atoms with Gasteiger partial charge in [0.1, 0.15) is 18.0 Å². The van der Waals surface area contributed by atoms with E-state index < -0.39 is 12.2 Å². The number of piperazine rings is 1. The summed E-state index contributed by atoms with van der Waals surface area (Å²) in [6, 6.07) is 28.7. The van der Waals surface area contributed by atoms with Crippen LogP contribution in [0.25, 0.3) is 10.8 Å². The van der Waals surface area contributed by atoms with Gasteiger partial charge in [0, 0.05) is 39.3 Å². The van der Waals surface area contributed by atoms with Gasteiger partial charge in [-0.25, -0.2) is 4.79 Å². The van der Waals surface area contributed by atoms with Crippen LogP contribution in [0.4, 0.5) is 10.5 Å². The first-order valence-corrected chi connectivity index (χ1v) is 16.2. The highest BCUT2D eigenvalue weighted by Gasteiger charge is 2.52. The van der Waals surface area contributed by atoms with Crippen LogP contribution in [0.5, 0.6) is 5.75 Å². The molecule has 48 heavy (non-hydrogen) atoms. The Labute approximate surface area is 281 Å². The molecule has 0 aromatic heterocycles. The Balaban J connectivity index is 1.30. The van der Waals surface area contributed by atoms with Crippen molar-refractivity contribution in [3.05, 3.63) is 120 Å². The lowest BCUT2D eigenvalue weighted by molar-refractivity contribution is -0.157. The molecule has 4 aromatic rings. The number of nitrogens with zero attached hydrogens (tertiary/aromatic N) is 5. The van der Waals surface area contributed by atoms with Crippen molar-refractivity contribution in [1.29, 1.82) is 0 Å². The van der Waals surface area contributed by atoms with E-state index in [4.69, 9.17) is 4.74 Å². The Hall–Kier alpha value is -5.35. The highest BCUT2D eigenvalue weighted by atomic mass is 16.5. The van der Waals surface area contributed by atoms with Crippen LogP contribution in [0.3, 0.4) is 0 Å². The SMILES string of the molecule is C=CCN(C(=O)NCc1ccc(OC)cc1)N1CC(=O)N2[C@@H](Cc3ccc(N(C)C)cc3)C(=O)N(Cc3cccc4ccccc34)C[C@@H]21. The smallest absolute Gasteiger partial charge is 0.332 e. The fraction of sp³-hybridized carbons (Fsp3) is 0.289. The minimum absolute atomic E-state index is 0.0279. The van der Waals surface area contributed by atoms with Gasteiger partial charge in [-0.05, 0) is 51.7 Å². The molecule has 2 aliphatic heterocycles. The van der Waals surface area contributed by atoms with Crippen molar-refractivity contribution < 1.29 is 19.1 Å². The molecule has 248 valence electrons. The largest absolute Gasteiger partial charge is 0.497 e. The van der Waals surface area contributed by atoms with Gasteiger partial charge in [-0.2, -0.15) is 5.01 Å². The highest BCUT2D eigenvalue weighted by molar-refractivity contribution is 5.92. The molecular formula is C38H42N6O4. The van der Waals surface area contributed by atoms with Crippen molar-refractivity contribution in [2.45, 2.75) is 31.7 Å². The maximum Gasteiger partial charge on any atom is 0.332 e. The van der Waals surface area contributed by atoms with E-state index in [-0.39, 0.29) is 37.5 Å². The molecule has 4 aromatic carbocycles. The fourth-order valence-corrected chi connectivity index (χ4v) is 6.62. The van der Waals surface area contributed by atoms with E-state index in [1.807, 2.05) is 96.7 Å². The summed E-state index contributed by atoms with van der Waals surface area (Å²) >= 11 is 0. The predicted octanol–water partition coefficient (Wildman–Crippen LogP) is 4.65. The monoisotopic (exact) mass is 646 g/mol. The number of anilines is 1. The van der Waals surface area contributed by atoms with Gasteiger partial charge >= 0.3 is 6.03 Å². The lowest BCUT2D eigenvalue weighted by Gasteiger charge is -2.46. The molecular weight excluding hydrogens is 604 g/mol. The first kappa shape index (κ1) is 32.6. The zero-order valence-corrected chi connectivity index (χ0v) is 27.7. The van der Waals surface area contributed by atoms with Crippen molar-refractivity contribution in [3.63, 3.8) is 0 Å². The van der Waals surface area contributed by atoms with Crippen LogP contribution in [0.15, 0.2) is 104 Å². The summed E-state index contributed by atoms with van der Waals surface area (Å²) in [5.41, 5.74) is 3.94. The Bertz CT molecular complexity index is 1790. The highest BCUT2D eigenvalue weighted by Crippen LogP contribution is 2.31. The number of ether oxygens (including phenoxy) is 1. The number of carbonyl (C=O) groups is 3. The second-order valence-corrected chi connectivity index (χ2v) is 12.4. The van der Waals surface area contributed by atoms with Gasteiger partial charge in [0.15, 0.2) is 0 Å². The number of carbonyl (C=O) groups excluding carboxylic acids is 3. The van der Waals surface area contributed by atoms with Crippen LogP contribution in [-0.4, -0.2) is 90.7 Å². The van der Waals surface area contributed by atoms with Crippen LogP contribution >= 0.6 is 0 Å². The first-order valence-electron chi connectivity index (χ1n) is 16.2. The zero-order chi connectivity index (χ0) is 33.8. The minimum Gasteiger partial charge on any atom is -0.497 e. The maximum atomic E-state index is 14.4. The average Bonchev–Trinajstić information content (AvgIpc) is 3.43. The van der Waals surface area contributed by atoms with Crippen molar-refractivity contribution in [1.82, 2.24) is 25.1 Å². The summed E-state index contributed by atoms with van der Waals surface area (Å²) in [4.78, 5) is 47.5. The summed E-state index contributed by atoms with van der Waals surface area (Å²) in [5, 5.41) is 8.50. The van der Waals surface area contributed by atoms with Crippen LogP contribution in [0.2, 0.25) is 0 Å². The summed E-state index contributed by atoms with van der Waals surface area (Å²) < 4.78 is 5.25. The van der Waals surface area contributed by atoms with E-state index in [0.29, 0.717) is 19.5 Å². The summed E-state index contributed by atoms with van der Waals surface area (Å²) in [5.74, 6) is 0.438. The first-order chi connectivity index (χ1) is 23.3. The van der Waals surface area contributed by atoms with E-state index in [0.717, 1.165) is 38.9 Å². The normalized spacial score (nSPS) is 17.7. The molecule has 0 unspecified atom stereocenters. The molecule has 2 fully saturated rings.